The lowest BCUT2D eigenvalue weighted by Crippen LogP contribution is -2.13. The molecule has 1 fully saturated rings. The van der Waals surface area contributed by atoms with Crippen molar-refractivity contribution in [2.75, 3.05) is 17.6 Å². The molecule has 1 aliphatic rings. The van der Waals surface area contributed by atoms with Gasteiger partial charge in [0.15, 0.2) is 0 Å². The van der Waals surface area contributed by atoms with Gasteiger partial charge < -0.3 is 11.1 Å². The quantitative estimate of drug-likeness (QED) is 0.811. The van der Waals surface area contributed by atoms with Gasteiger partial charge >= 0.3 is 0 Å². The van der Waals surface area contributed by atoms with Crippen LogP contribution >= 0.6 is 0 Å². The normalized spacial score (nSPS) is 15.9. The molecular weight excluding hydrogens is 200 g/mol. The SMILES string of the molecule is N#Cc1cc(N)cnc1NCC1CCCC1. The van der Waals surface area contributed by atoms with Gasteiger partial charge in [-0.15, -0.1) is 0 Å². The first-order valence-electron chi connectivity index (χ1n) is 5.69. The van der Waals surface area contributed by atoms with Gasteiger partial charge in [0, 0.05) is 6.54 Å². The summed E-state index contributed by atoms with van der Waals surface area (Å²) >= 11 is 0. The molecule has 0 spiro atoms. The van der Waals surface area contributed by atoms with Crippen LogP contribution in [-0.2, 0) is 0 Å². The topological polar surface area (TPSA) is 74.7 Å². The highest BCUT2D eigenvalue weighted by Gasteiger charge is 2.15. The van der Waals surface area contributed by atoms with Crippen LogP contribution in [0.5, 0.6) is 0 Å². The van der Waals surface area contributed by atoms with Gasteiger partial charge in [-0.2, -0.15) is 5.26 Å². The van der Waals surface area contributed by atoms with E-state index in [9.17, 15) is 0 Å². The first-order valence-corrected chi connectivity index (χ1v) is 5.69. The van der Waals surface area contributed by atoms with Gasteiger partial charge in [0.2, 0.25) is 0 Å². The third kappa shape index (κ3) is 2.43. The van der Waals surface area contributed by atoms with Crippen molar-refractivity contribution in [2.45, 2.75) is 25.7 Å². The van der Waals surface area contributed by atoms with Crippen LogP contribution in [0.3, 0.4) is 0 Å². The lowest BCUT2D eigenvalue weighted by atomic mass is 10.1. The molecule has 0 unspecified atom stereocenters. The van der Waals surface area contributed by atoms with Crippen LogP contribution in [0.4, 0.5) is 11.5 Å². The van der Waals surface area contributed by atoms with Gasteiger partial charge in [0.05, 0.1) is 17.4 Å². The van der Waals surface area contributed by atoms with Crippen molar-refractivity contribution < 1.29 is 0 Å². The maximum Gasteiger partial charge on any atom is 0.144 e. The lowest BCUT2D eigenvalue weighted by molar-refractivity contribution is 0.579. The molecule has 16 heavy (non-hydrogen) atoms. The average Bonchev–Trinajstić information content (AvgIpc) is 2.80. The molecule has 0 amide bonds. The molecule has 84 valence electrons. The molecule has 0 saturated heterocycles. The second-order valence-corrected chi connectivity index (χ2v) is 4.31. The number of anilines is 2. The van der Waals surface area contributed by atoms with Crippen LogP contribution in [0.1, 0.15) is 31.2 Å². The van der Waals surface area contributed by atoms with Crippen molar-refractivity contribution in [3.63, 3.8) is 0 Å². The third-order valence-corrected chi connectivity index (χ3v) is 3.06. The first-order chi connectivity index (χ1) is 7.79. The molecule has 1 aliphatic carbocycles. The Hall–Kier alpha value is -1.76. The summed E-state index contributed by atoms with van der Waals surface area (Å²) in [4.78, 5) is 4.15. The van der Waals surface area contributed by atoms with Crippen LogP contribution in [-0.4, -0.2) is 11.5 Å². The number of nitrogens with zero attached hydrogens (tertiary/aromatic N) is 2. The summed E-state index contributed by atoms with van der Waals surface area (Å²) in [6.45, 7) is 0.908. The van der Waals surface area contributed by atoms with E-state index in [0.717, 1.165) is 12.5 Å². The molecule has 4 nitrogen and oxygen atoms in total. The van der Waals surface area contributed by atoms with Gasteiger partial charge in [-0.25, -0.2) is 4.98 Å². The van der Waals surface area contributed by atoms with Crippen LogP contribution < -0.4 is 11.1 Å². The second kappa shape index (κ2) is 4.84. The fraction of sp³-hybridized carbons (Fsp3) is 0.500. The van der Waals surface area contributed by atoms with Gasteiger partial charge in [0.1, 0.15) is 11.9 Å². The molecule has 3 N–H and O–H groups in total. The van der Waals surface area contributed by atoms with Gasteiger partial charge in [-0.3, -0.25) is 0 Å². The number of nitrogen functional groups attached to an aromatic ring is 1. The Morgan fingerprint density at radius 1 is 1.50 bits per heavy atom. The number of nitrogens with one attached hydrogen (secondary N) is 1. The van der Waals surface area contributed by atoms with E-state index in [1.807, 2.05) is 0 Å². The molecule has 1 aromatic rings. The highest BCUT2D eigenvalue weighted by atomic mass is 15.0. The van der Waals surface area contributed by atoms with E-state index in [-0.39, 0.29) is 0 Å². The zero-order valence-electron chi connectivity index (χ0n) is 9.24. The van der Waals surface area contributed by atoms with E-state index in [1.54, 1.807) is 12.3 Å². The minimum atomic E-state index is 0.526. The smallest absolute Gasteiger partial charge is 0.144 e. The molecule has 2 rings (SSSR count). The van der Waals surface area contributed by atoms with E-state index in [2.05, 4.69) is 16.4 Å². The molecule has 1 aromatic heterocycles. The molecule has 0 aliphatic heterocycles. The van der Waals surface area contributed by atoms with E-state index >= 15 is 0 Å². The predicted molar refractivity (Wildman–Crippen MR) is 63.8 cm³/mol. The lowest BCUT2D eigenvalue weighted by Gasteiger charge is -2.12. The summed E-state index contributed by atoms with van der Waals surface area (Å²) in [5.41, 5.74) is 6.64. The van der Waals surface area contributed by atoms with Gasteiger partial charge in [-0.05, 0) is 24.8 Å². The highest BCUT2D eigenvalue weighted by molar-refractivity contribution is 5.57. The Labute approximate surface area is 95.5 Å². The predicted octanol–water partition coefficient (Wildman–Crippen LogP) is 2.14. The van der Waals surface area contributed by atoms with Crippen molar-refractivity contribution in [3.05, 3.63) is 17.8 Å². The molecule has 1 heterocycles. The Balaban J connectivity index is 2.00. The fourth-order valence-electron chi connectivity index (χ4n) is 2.16. The monoisotopic (exact) mass is 216 g/mol. The largest absolute Gasteiger partial charge is 0.397 e. The summed E-state index contributed by atoms with van der Waals surface area (Å²) in [5.74, 6) is 1.38. The highest BCUT2D eigenvalue weighted by Crippen LogP contribution is 2.25. The maximum absolute atomic E-state index is 8.95. The molecule has 0 atom stereocenters. The van der Waals surface area contributed by atoms with E-state index in [1.165, 1.54) is 25.7 Å². The van der Waals surface area contributed by atoms with Crippen molar-refractivity contribution in [3.8, 4) is 6.07 Å². The van der Waals surface area contributed by atoms with Crippen molar-refractivity contribution in [2.24, 2.45) is 5.92 Å². The van der Waals surface area contributed by atoms with Gasteiger partial charge in [0.25, 0.3) is 0 Å². The van der Waals surface area contributed by atoms with Crippen LogP contribution in [0.25, 0.3) is 0 Å². The van der Waals surface area contributed by atoms with E-state index in [0.29, 0.717) is 17.1 Å². The Morgan fingerprint density at radius 2 is 2.25 bits per heavy atom. The molecule has 0 radical (unpaired) electrons. The molecule has 0 aromatic carbocycles. The number of hydrogen-bond acceptors (Lipinski definition) is 4. The number of aromatic nitrogens is 1. The molecular formula is C12H16N4. The zero-order valence-corrected chi connectivity index (χ0v) is 9.24. The Bertz CT molecular complexity index is 402. The second-order valence-electron chi connectivity index (χ2n) is 4.31. The van der Waals surface area contributed by atoms with Crippen molar-refractivity contribution in [1.29, 1.82) is 5.26 Å². The van der Waals surface area contributed by atoms with E-state index in [4.69, 9.17) is 11.0 Å². The summed E-state index contributed by atoms with van der Waals surface area (Å²) < 4.78 is 0. The van der Waals surface area contributed by atoms with Crippen molar-refractivity contribution in [1.82, 2.24) is 4.98 Å². The maximum atomic E-state index is 8.95. The summed E-state index contributed by atoms with van der Waals surface area (Å²) in [6, 6.07) is 3.76. The van der Waals surface area contributed by atoms with Crippen LogP contribution in [0.15, 0.2) is 12.3 Å². The van der Waals surface area contributed by atoms with Crippen LogP contribution in [0, 0.1) is 17.2 Å². The number of hydrogen-bond donors (Lipinski definition) is 2. The summed E-state index contributed by atoms with van der Waals surface area (Å²) in [6.07, 6.45) is 6.80. The van der Waals surface area contributed by atoms with Gasteiger partial charge in [-0.1, -0.05) is 12.8 Å². The minimum absolute atomic E-state index is 0.526. The number of rotatable bonds is 3. The molecule has 0 bridgehead atoms. The third-order valence-electron chi connectivity index (χ3n) is 3.06. The molecule has 1 saturated carbocycles. The molecule has 4 heteroatoms. The average molecular weight is 216 g/mol. The minimum Gasteiger partial charge on any atom is -0.397 e. The Morgan fingerprint density at radius 3 is 2.94 bits per heavy atom. The number of pyridine rings is 1. The van der Waals surface area contributed by atoms with E-state index < -0.39 is 0 Å². The Kier molecular flexibility index (Phi) is 3.25. The summed E-state index contributed by atoms with van der Waals surface area (Å²) in [5, 5.41) is 12.2. The van der Waals surface area contributed by atoms with Crippen LogP contribution in [0.2, 0.25) is 0 Å². The first kappa shape index (κ1) is 10.7. The van der Waals surface area contributed by atoms with Crippen molar-refractivity contribution >= 4 is 11.5 Å². The summed E-state index contributed by atoms with van der Waals surface area (Å²) in [7, 11) is 0. The number of nitriles is 1. The fourth-order valence-corrected chi connectivity index (χ4v) is 2.16. The zero-order chi connectivity index (χ0) is 11.4. The number of nitrogens with two attached hydrogens (primary N) is 1. The standard InChI is InChI=1S/C12H16N4/c13-6-10-5-11(14)8-16-12(10)15-7-9-3-1-2-4-9/h5,8-9H,1-4,7,14H2,(H,15,16).